The molecule has 3 rings (SSSR count). The number of sulfone groups is 1. The Kier molecular flexibility index (Phi) is 3.77. The Balaban J connectivity index is 1.68. The molecule has 1 aromatic rings. The molecule has 1 aliphatic heterocycles. The third-order valence-corrected chi connectivity index (χ3v) is 6.25. The van der Waals surface area contributed by atoms with E-state index >= 15 is 0 Å². The van der Waals surface area contributed by atoms with Gasteiger partial charge in [-0.25, -0.2) is 8.42 Å². The lowest BCUT2D eigenvalue weighted by molar-refractivity contribution is -0.134. The summed E-state index contributed by atoms with van der Waals surface area (Å²) in [6.07, 6.45) is 4.84. The monoisotopic (exact) mass is 311 g/mol. The third-order valence-electron chi connectivity index (χ3n) is 4.49. The molecular formula is C14H21N3O3S. The van der Waals surface area contributed by atoms with Gasteiger partial charge in [0.2, 0.25) is 5.91 Å². The molecule has 0 spiro atoms. The van der Waals surface area contributed by atoms with Crippen molar-refractivity contribution in [1.82, 2.24) is 15.1 Å². The number of H-pyrrole nitrogens is 1. The number of fused-ring (bicyclic) bond motifs is 1. The predicted octanol–water partition coefficient (Wildman–Crippen LogP) is 0.682. The maximum Gasteiger partial charge on any atom is 0.226 e. The van der Waals surface area contributed by atoms with Gasteiger partial charge in [0.05, 0.1) is 29.7 Å². The fourth-order valence-corrected chi connectivity index (χ4v) is 5.02. The van der Waals surface area contributed by atoms with Crippen LogP contribution in [0.3, 0.4) is 0 Å². The fraction of sp³-hybridized carbons (Fsp3) is 0.714. The number of aryl methyl sites for hydroxylation is 1. The van der Waals surface area contributed by atoms with E-state index in [4.69, 9.17) is 0 Å². The lowest BCUT2D eigenvalue weighted by Gasteiger charge is -2.20. The van der Waals surface area contributed by atoms with Crippen molar-refractivity contribution in [1.29, 1.82) is 0 Å². The van der Waals surface area contributed by atoms with Crippen molar-refractivity contribution in [3.8, 4) is 0 Å². The minimum atomic E-state index is -3.02. The van der Waals surface area contributed by atoms with Crippen molar-refractivity contribution in [2.24, 2.45) is 5.92 Å². The molecule has 116 valence electrons. The second-order valence-electron chi connectivity index (χ2n) is 6.13. The van der Waals surface area contributed by atoms with Gasteiger partial charge < -0.3 is 4.90 Å². The molecule has 0 radical (unpaired) electrons. The molecule has 0 aromatic carbocycles. The molecule has 2 aliphatic rings. The normalized spacial score (nSPS) is 23.8. The number of carbonyl (C=O) groups excluding carboxylic acids is 1. The van der Waals surface area contributed by atoms with E-state index in [1.54, 1.807) is 11.9 Å². The average Bonchev–Trinajstić information content (AvgIpc) is 3.02. The molecule has 6 nitrogen and oxygen atoms in total. The van der Waals surface area contributed by atoms with Gasteiger partial charge in [-0.1, -0.05) is 0 Å². The van der Waals surface area contributed by atoms with Gasteiger partial charge in [0, 0.05) is 12.7 Å². The van der Waals surface area contributed by atoms with Crippen LogP contribution in [0.1, 0.15) is 36.2 Å². The summed E-state index contributed by atoms with van der Waals surface area (Å²) in [7, 11) is -1.29. The Hall–Kier alpha value is -1.37. The number of hydrogen-bond donors (Lipinski definition) is 1. The van der Waals surface area contributed by atoms with E-state index in [-0.39, 0.29) is 23.3 Å². The Labute approximate surface area is 124 Å². The summed E-state index contributed by atoms with van der Waals surface area (Å²) in [6.45, 7) is 0.460. The topological polar surface area (TPSA) is 83.1 Å². The summed E-state index contributed by atoms with van der Waals surface area (Å²) in [6, 6.07) is 0. The van der Waals surface area contributed by atoms with E-state index in [1.165, 1.54) is 17.7 Å². The molecule has 1 saturated heterocycles. The number of nitrogens with one attached hydrogen (secondary N) is 1. The highest BCUT2D eigenvalue weighted by molar-refractivity contribution is 7.91. The average molecular weight is 311 g/mol. The Morgan fingerprint density at radius 3 is 2.86 bits per heavy atom. The van der Waals surface area contributed by atoms with Gasteiger partial charge in [-0.05, 0) is 37.7 Å². The maximum absolute atomic E-state index is 12.4. The molecule has 1 N–H and O–H groups in total. The number of rotatable bonds is 3. The van der Waals surface area contributed by atoms with Crippen LogP contribution < -0.4 is 0 Å². The van der Waals surface area contributed by atoms with Crippen molar-refractivity contribution in [3.63, 3.8) is 0 Å². The lowest BCUT2D eigenvalue weighted by Crippen LogP contribution is -2.33. The number of hydrogen-bond acceptors (Lipinski definition) is 4. The highest BCUT2D eigenvalue weighted by atomic mass is 32.2. The van der Waals surface area contributed by atoms with E-state index in [1.807, 2.05) is 0 Å². The van der Waals surface area contributed by atoms with Crippen LogP contribution >= 0.6 is 0 Å². The van der Waals surface area contributed by atoms with Crippen molar-refractivity contribution < 1.29 is 13.2 Å². The second kappa shape index (κ2) is 5.44. The van der Waals surface area contributed by atoms with E-state index in [2.05, 4.69) is 10.2 Å². The van der Waals surface area contributed by atoms with Crippen LogP contribution in [0.5, 0.6) is 0 Å². The highest BCUT2D eigenvalue weighted by Gasteiger charge is 2.34. The van der Waals surface area contributed by atoms with Crippen LogP contribution in [0.4, 0.5) is 0 Å². The third kappa shape index (κ3) is 2.97. The number of carbonyl (C=O) groups is 1. The Morgan fingerprint density at radius 2 is 2.14 bits per heavy atom. The van der Waals surface area contributed by atoms with Crippen molar-refractivity contribution in [2.45, 2.75) is 38.6 Å². The Bertz CT molecular complexity index is 650. The van der Waals surface area contributed by atoms with Gasteiger partial charge in [-0.15, -0.1) is 0 Å². The lowest BCUT2D eigenvalue weighted by atomic mass is 9.96. The van der Waals surface area contributed by atoms with E-state index in [0.29, 0.717) is 13.0 Å². The van der Waals surface area contributed by atoms with Crippen LogP contribution in [0.2, 0.25) is 0 Å². The Morgan fingerprint density at radius 1 is 1.38 bits per heavy atom. The maximum atomic E-state index is 12.4. The minimum absolute atomic E-state index is 0.00511. The fourth-order valence-electron chi connectivity index (χ4n) is 3.28. The van der Waals surface area contributed by atoms with Crippen LogP contribution in [0.25, 0.3) is 0 Å². The van der Waals surface area contributed by atoms with Crippen molar-refractivity contribution in [2.75, 3.05) is 18.6 Å². The zero-order valence-corrected chi connectivity index (χ0v) is 13.1. The summed E-state index contributed by atoms with van der Waals surface area (Å²) in [5.74, 6) is -0.331. The molecule has 0 saturated carbocycles. The number of nitrogens with zero attached hydrogens (tertiary/aromatic N) is 2. The molecule has 0 bridgehead atoms. The summed E-state index contributed by atoms with van der Waals surface area (Å²) in [4.78, 5) is 14.0. The number of amides is 1. The molecule has 1 atom stereocenters. The first kappa shape index (κ1) is 14.6. The van der Waals surface area contributed by atoms with Gasteiger partial charge in [-0.3, -0.25) is 9.89 Å². The summed E-state index contributed by atoms with van der Waals surface area (Å²) < 4.78 is 23.0. The zero-order chi connectivity index (χ0) is 15.0. The molecule has 1 amide bonds. The predicted molar refractivity (Wildman–Crippen MR) is 78.5 cm³/mol. The molecule has 2 heterocycles. The quantitative estimate of drug-likeness (QED) is 0.890. The van der Waals surface area contributed by atoms with E-state index < -0.39 is 9.84 Å². The van der Waals surface area contributed by atoms with Gasteiger partial charge in [-0.2, -0.15) is 5.10 Å². The first-order valence-corrected chi connectivity index (χ1v) is 9.29. The first-order valence-electron chi connectivity index (χ1n) is 7.46. The van der Waals surface area contributed by atoms with Crippen LogP contribution in [0, 0.1) is 5.92 Å². The molecule has 1 aliphatic carbocycles. The number of aromatic amines is 1. The van der Waals surface area contributed by atoms with Crippen molar-refractivity contribution in [3.05, 3.63) is 17.0 Å². The largest absolute Gasteiger partial charge is 0.340 e. The summed E-state index contributed by atoms with van der Waals surface area (Å²) in [5, 5.41) is 7.41. The van der Waals surface area contributed by atoms with Crippen LogP contribution in [-0.2, 0) is 34.0 Å². The number of aromatic nitrogens is 2. The van der Waals surface area contributed by atoms with Gasteiger partial charge in [0.15, 0.2) is 9.84 Å². The molecule has 1 fully saturated rings. The minimum Gasteiger partial charge on any atom is -0.340 e. The highest BCUT2D eigenvalue weighted by Crippen LogP contribution is 2.24. The van der Waals surface area contributed by atoms with Crippen LogP contribution in [0.15, 0.2) is 0 Å². The molecule has 7 heteroatoms. The first-order chi connectivity index (χ1) is 9.96. The molecule has 1 unspecified atom stereocenters. The van der Waals surface area contributed by atoms with Gasteiger partial charge >= 0.3 is 0 Å². The molecular weight excluding hydrogens is 290 g/mol. The molecule has 21 heavy (non-hydrogen) atoms. The zero-order valence-electron chi connectivity index (χ0n) is 12.3. The second-order valence-corrected chi connectivity index (χ2v) is 8.36. The standard InChI is InChI=1S/C14H21N3O3S/c1-17(14(18)10-6-7-21(19,20)9-10)8-13-11-4-2-3-5-12(11)15-16-13/h10H,2-9H2,1H3,(H,15,16). The van der Waals surface area contributed by atoms with Crippen molar-refractivity contribution >= 4 is 15.7 Å². The summed E-state index contributed by atoms with van der Waals surface area (Å²) >= 11 is 0. The van der Waals surface area contributed by atoms with Gasteiger partial charge in [0.1, 0.15) is 0 Å². The SMILES string of the molecule is CN(Cc1n[nH]c2c1CCCC2)C(=O)C1CCS(=O)(=O)C1. The van der Waals surface area contributed by atoms with Crippen LogP contribution in [-0.4, -0.2) is 48.0 Å². The van der Waals surface area contributed by atoms with E-state index in [0.717, 1.165) is 25.0 Å². The molecule has 1 aromatic heterocycles. The summed E-state index contributed by atoms with van der Waals surface area (Å²) in [5.41, 5.74) is 3.38. The van der Waals surface area contributed by atoms with Gasteiger partial charge in [0.25, 0.3) is 0 Å². The van der Waals surface area contributed by atoms with E-state index in [9.17, 15) is 13.2 Å². The smallest absolute Gasteiger partial charge is 0.226 e.